The van der Waals surface area contributed by atoms with Gasteiger partial charge >= 0.3 is 20.4 Å². The third kappa shape index (κ3) is 9.48. The van der Waals surface area contributed by atoms with E-state index in [1.165, 1.54) is 0 Å². The van der Waals surface area contributed by atoms with Gasteiger partial charge in [-0.1, -0.05) is 121 Å². The number of carboxylic acid groups (broad SMARTS) is 2. The Balaban J connectivity index is 0.000000240. The average Bonchev–Trinajstić information content (AvgIpc) is 2.88. The first kappa shape index (κ1) is 28.6. The average molecular weight is 593 g/mol. The van der Waals surface area contributed by atoms with E-state index in [9.17, 15) is 19.8 Å². The molecular weight excluding hydrogens is 569 g/mol. The van der Waals surface area contributed by atoms with Crippen LogP contribution in [0.3, 0.4) is 0 Å². The van der Waals surface area contributed by atoms with Crippen molar-refractivity contribution in [3.8, 4) is 0 Å². The van der Waals surface area contributed by atoms with Crippen LogP contribution in [-0.2, 0) is 30.0 Å². The molecule has 35 heavy (non-hydrogen) atoms. The molecule has 0 radical (unpaired) electrons. The molecule has 4 aromatic rings. The van der Waals surface area contributed by atoms with Crippen LogP contribution in [0.2, 0.25) is 0 Å². The van der Waals surface area contributed by atoms with Crippen LogP contribution < -0.4 is 31.4 Å². The summed E-state index contributed by atoms with van der Waals surface area (Å²) in [5.41, 5.74) is 0. The first-order chi connectivity index (χ1) is 16.5. The molecule has 0 spiro atoms. The summed E-state index contributed by atoms with van der Waals surface area (Å²) in [4.78, 5) is 21.7. The Bertz CT molecular complexity index is 987. The topological polar surface area (TPSA) is 80.3 Å². The van der Waals surface area contributed by atoms with Crippen LogP contribution in [0.1, 0.15) is 0 Å². The summed E-state index contributed by atoms with van der Waals surface area (Å²) in [6.07, 6.45) is 0.146. The predicted octanol–water partition coefficient (Wildman–Crippen LogP) is 1.74. The molecule has 0 saturated heterocycles. The van der Waals surface area contributed by atoms with E-state index in [1.807, 2.05) is 121 Å². The Labute approximate surface area is 222 Å². The minimum atomic E-state index is -0.996. The van der Waals surface area contributed by atoms with Crippen LogP contribution in [-0.4, -0.2) is 24.3 Å². The second-order valence-corrected chi connectivity index (χ2v) is 11.7. The number of benzene rings is 4. The second kappa shape index (κ2) is 15.4. The van der Waals surface area contributed by atoms with Crippen molar-refractivity contribution in [2.24, 2.45) is 0 Å². The number of carboxylic acids is 2. The van der Waals surface area contributed by atoms with Gasteiger partial charge in [0.15, 0.2) is 0 Å². The molecule has 0 unspecified atom stereocenters. The fourth-order valence-electron chi connectivity index (χ4n) is 3.35. The van der Waals surface area contributed by atoms with Crippen LogP contribution in [0.15, 0.2) is 121 Å². The molecule has 0 N–H and O–H groups in total. The largest absolute Gasteiger partial charge is 2.00 e. The van der Waals surface area contributed by atoms with Gasteiger partial charge in [-0.3, -0.25) is 0 Å². The number of rotatable bonds is 8. The predicted molar refractivity (Wildman–Crippen MR) is 138 cm³/mol. The van der Waals surface area contributed by atoms with Crippen molar-refractivity contribution in [3.05, 3.63) is 121 Å². The summed E-state index contributed by atoms with van der Waals surface area (Å²) in [5, 5.41) is 26.0. The Morgan fingerprint density at radius 3 is 0.829 bits per heavy atom. The van der Waals surface area contributed by atoms with Gasteiger partial charge in [-0.05, 0) is 37.1 Å². The van der Waals surface area contributed by atoms with Crippen molar-refractivity contribution in [1.29, 1.82) is 0 Å². The molecule has 0 aliphatic heterocycles. The SMILES string of the molecule is O=C([O-])CP(c1ccccc1)c1ccccc1.O=C([O-])CP(c1ccccc1)c1ccccc1.[Pd+2]. The molecule has 0 saturated carbocycles. The molecule has 4 aromatic carbocycles. The van der Waals surface area contributed by atoms with Gasteiger partial charge in [0, 0.05) is 24.3 Å². The Kier molecular flexibility index (Phi) is 12.5. The van der Waals surface area contributed by atoms with Gasteiger partial charge in [0.25, 0.3) is 0 Å². The zero-order valence-corrected chi connectivity index (χ0v) is 22.1. The van der Waals surface area contributed by atoms with Crippen LogP contribution in [0, 0.1) is 0 Å². The molecule has 0 bridgehead atoms. The van der Waals surface area contributed by atoms with Crippen LogP contribution in [0.4, 0.5) is 0 Å². The van der Waals surface area contributed by atoms with E-state index < -0.39 is 27.8 Å². The van der Waals surface area contributed by atoms with Crippen molar-refractivity contribution in [3.63, 3.8) is 0 Å². The van der Waals surface area contributed by atoms with Crippen LogP contribution in [0.25, 0.3) is 0 Å². The number of aliphatic carboxylic acids is 2. The summed E-state index contributed by atoms with van der Waals surface area (Å²) in [6.45, 7) is 0. The molecule has 0 atom stereocenters. The van der Waals surface area contributed by atoms with E-state index >= 15 is 0 Å². The van der Waals surface area contributed by atoms with Crippen molar-refractivity contribution in [1.82, 2.24) is 0 Å². The molecule has 0 heterocycles. The zero-order valence-electron chi connectivity index (χ0n) is 18.8. The number of hydrogen-bond donors (Lipinski definition) is 0. The monoisotopic (exact) mass is 592 g/mol. The molecule has 0 fully saturated rings. The minimum Gasteiger partial charge on any atom is -0.550 e. The summed E-state index contributed by atoms with van der Waals surface area (Å²) in [7, 11) is -1.70. The molecule has 0 aliphatic rings. The van der Waals surface area contributed by atoms with Crippen LogP contribution in [0.5, 0.6) is 0 Å². The summed E-state index contributed by atoms with van der Waals surface area (Å²) in [6, 6.07) is 39.0. The standard InChI is InChI=1S/2C14H13O2P.Pd/c2*15-14(16)11-17(12-7-3-1-4-8-12)13-9-5-2-6-10-13;/h2*1-10H,11H2,(H,15,16);/q;;+2/p-2. The normalized spacial score (nSPS) is 10.1. The van der Waals surface area contributed by atoms with Crippen LogP contribution >= 0.6 is 15.8 Å². The maximum Gasteiger partial charge on any atom is 2.00 e. The Morgan fingerprint density at radius 2 is 0.657 bits per heavy atom. The fourth-order valence-corrected chi connectivity index (χ4v) is 7.32. The Morgan fingerprint density at radius 1 is 0.457 bits per heavy atom. The van der Waals surface area contributed by atoms with Gasteiger partial charge in [0.2, 0.25) is 0 Å². The number of hydrogen-bond acceptors (Lipinski definition) is 4. The zero-order chi connectivity index (χ0) is 24.2. The first-order valence-electron chi connectivity index (χ1n) is 10.7. The van der Waals surface area contributed by atoms with E-state index in [1.54, 1.807) is 0 Å². The van der Waals surface area contributed by atoms with Gasteiger partial charge in [-0.2, -0.15) is 0 Å². The van der Waals surface area contributed by atoms with Crippen molar-refractivity contribution in [2.75, 3.05) is 12.3 Å². The van der Waals surface area contributed by atoms with E-state index in [4.69, 9.17) is 0 Å². The molecule has 0 amide bonds. The third-order valence-corrected chi connectivity index (χ3v) is 9.68. The molecule has 7 heteroatoms. The van der Waals surface area contributed by atoms with Crippen molar-refractivity contribution < 1.29 is 40.2 Å². The maximum absolute atomic E-state index is 10.9. The molecule has 4 nitrogen and oxygen atoms in total. The number of carbonyl (C=O) groups excluding carboxylic acids is 2. The van der Waals surface area contributed by atoms with E-state index in [2.05, 4.69) is 0 Å². The van der Waals surface area contributed by atoms with Crippen molar-refractivity contribution in [2.45, 2.75) is 0 Å². The van der Waals surface area contributed by atoms with Crippen molar-refractivity contribution >= 4 is 49.0 Å². The first-order valence-corrected chi connectivity index (χ1v) is 13.7. The quantitative estimate of drug-likeness (QED) is 0.231. The minimum absolute atomic E-state index is 0. The molecular formula is C28H24O4P2Pd. The van der Waals surface area contributed by atoms with Gasteiger partial charge in [-0.15, -0.1) is 0 Å². The maximum atomic E-state index is 10.9. The smallest absolute Gasteiger partial charge is 0.550 e. The van der Waals surface area contributed by atoms with Gasteiger partial charge < -0.3 is 19.8 Å². The molecule has 4 rings (SSSR count). The Hall–Kier alpha value is -2.66. The van der Waals surface area contributed by atoms with Gasteiger partial charge in [0.05, 0.1) is 0 Å². The van der Waals surface area contributed by atoms with Gasteiger partial charge in [-0.25, -0.2) is 0 Å². The molecule has 0 aliphatic carbocycles. The van der Waals surface area contributed by atoms with E-state index in [-0.39, 0.29) is 32.7 Å². The fraction of sp³-hybridized carbons (Fsp3) is 0.0714. The molecule has 0 aromatic heterocycles. The number of carbonyl (C=O) groups is 2. The summed E-state index contributed by atoms with van der Waals surface area (Å²) >= 11 is 0. The summed E-state index contributed by atoms with van der Waals surface area (Å²) < 4.78 is 0. The van der Waals surface area contributed by atoms with E-state index in [0.717, 1.165) is 21.2 Å². The second-order valence-electron chi connectivity index (χ2n) is 7.26. The molecule has 180 valence electrons. The summed E-state index contributed by atoms with van der Waals surface area (Å²) in [5.74, 6) is -1.99. The van der Waals surface area contributed by atoms with Gasteiger partial charge in [0.1, 0.15) is 0 Å². The van der Waals surface area contributed by atoms with E-state index in [0.29, 0.717) is 0 Å². The third-order valence-electron chi connectivity index (χ3n) is 4.85.